The van der Waals surface area contributed by atoms with Crippen molar-refractivity contribution in [2.45, 2.75) is 92.3 Å². The molecule has 1 radical (unpaired) electrons. The van der Waals surface area contributed by atoms with E-state index in [0.717, 1.165) is 47.8 Å². The molecule has 0 unspecified atom stereocenters. The summed E-state index contributed by atoms with van der Waals surface area (Å²) in [5, 5.41) is 14.8. The molecule has 0 bridgehead atoms. The average molecular weight is 772 g/mol. The van der Waals surface area contributed by atoms with E-state index >= 15 is 0 Å². The zero-order valence-electron chi connectivity index (χ0n) is 27.3. The van der Waals surface area contributed by atoms with Crippen LogP contribution in [0.25, 0.3) is 32.9 Å². The van der Waals surface area contributed by atoms with Crippen molar-refractivity contribution >= 4 is 40.7 Å². The van der Waals surface area contributed by atoms with Gasteiger partial charge in [0, 0.05) is 43.7 Å². The maximum atomic E-state index is 11.7. The third kappa shape index (κ3) is 7.03. The number of carbonyl (C=O) groups excluding carboxylic acids is 1. The summed E-state index contributed by atoms with van der Waals surface area (Å²) >= 11 is 0. The number of hydrogen-bond acceptors (Lipinski definition) is 4. The van der Waals surface area contributed by atoms with Crippen molar-refractivity contribution in [2.75, 3.05) is 0 Å². The molecule has 4 aromatic rings. The molecule has 3 aromatic carbocycles. The molecular weight excluding hydrogens is 725 g/mol. The minimum Gasteiger partial charge on any atom is -0.512 e. The second kappa shape index (κ2) is 14.0. The van der Waals surface area contributed by atoms with E-state index in [-0.39, 0.29) is 48.9 Å². The molecule has 1 aromatic heterocycles. The molecule has 43 heavy (non-hydrogen) atoms. The number of aliphatic hydroxyl groups is 1. The minimum absolute atomic E-state index is 0. The van der Waals surface area contributed by atoms with Crippen LogP contribution in [0.1, 0.15) is 78.4 Å². The first-order chi connectivity index (χ1) is 19.9. The van der Waals surface area contributed by atoms with Gasteiger partial charge in [0.25, 0.3) is 0 Å². The Morgan fingerprint density at radius 2 is 1.56 bits per heavy atom. The topological polar surface area (TPSA) is 63.1 Å². The summed E-state index contributed by atoms with van der Waals surface area (Å²) in [6.07, 6.45) is 6.62. The second-order valence-corrected chi connectivity index (χ2v) is 18.2. The van der Waals surface area contributed by atoms with Gasteiger partial charge in [0.05, 0.1) is 19.3 Å². The molecule has 0 aliphatic heterocycles. The van der Waals surface area contributed by atoms with Gasteiger partial charge in [-0.15, -0.1) is 23.6 Å². The molecule has 0 amide bonds. The largest absolute Gasteiger partial charge is 0.512 e. The Labute approximate surface area is 272 Å². The maximum Gasteiger partial charge on any atom is 0.162 e. The van der Waals surface area contributed by atoms with Crippen molar-refractivity contribution in [3.63, 3.8) is 0 Å². The molecule has 1 aliphatic carbocycles. The summed E-state index contributed by atoms with van der Waals surface area (Å²) < 4.78 is 0. The van der Waals surface area contributed by atoms with Gasteiger partial charge in [0.1, 0.15) is 6.33 Å². The van der Waals surface area contributed by atoms with Crippen molar-refractivity contribution < 1.29 is 30.0 Å². The first-order valence-corrected chi connectivity index (χ1v) is 19.1. The molecule has 6 heteroatoms. The number of carbonyl (C=O) groups is 1. The van der Waals surface area contributed by atoms with E-state index in [4.69, 9.17) is 4.98 Å². The summed E-state index contributed by atoms with van der Waals surface area (Å²) in [5.74, 6) is 0.547. The Morgan fingerprint density at radius 1 is 0.930 bits per heavy atom. The molecule has 231 valence electrons. The van der Waals surface area contributed by atoms with E-state index in [0.29, 0.717) is 0 Å². The van der Waals surface area contributed by atoms with E-state index in [1.165, 1.54) is 33.2 Å². The normalized spacial score (nSPS) is 13.9. The number of fused-ring (bicyclic) bond motifs is 3. The molecule has 0 saturated carbocycles. The van der Waals surface area contributed by atoms with Crippen molar-refractivity contribution in [2.24, 2.45) is 11.8 Å². The smallest absolute Gasteiger partial charge is 0.162 e. The van der Waals surface area contributed by atoms with Crippen LogP contribution in [0.15, 0.2) is 60.6 Å². The number of ketones is 1. The SMILES string of the molecule is CC1(C)c2cc3ccccc3[c-]c2-c2ncnc3cc([Si](C)(C)C)cc1c23.CCC(CC)C(=O)/C=C(\O)C(CC)CC.[Ir]. The van der Waals surface area contributed by atoms with Crippen molar-refractivity contribution in [3.05, 3.63) is 77.8 Å². The Hall–Kier alpha value is -2.66. The van der Waals surface area contributed by atoms with Gasteiger partial charge in [-0.05, 0) is 48.1 Å². The molecule has 0 spiro atoms. The minimum atomic E-state index is -1.46. The van der Waals surface area contributed by atoms with Crippen LogP contribution >= 0.6 is 0 Å². The van der Waals surface area contributed by atoms with E-state index in [1.54, 1.807) is 6.33 Å². The summed E-state index contributed by atoms with van der Waals surface area (Å²) in [6.45, 7) is 19.9. The van der Waals surface area contributed by atoms with Crippen LogP contribution in [0.4, 0.5) is 0 Å². The number of hydrogen-bond donors (Lipinski definition) is 1. The molecule has 0 fully saturated rings. The first-order valence-electron chi connectivity index (χ1n) is 15.6. The van der Waals surface area contributed by atoms with Crippen LogP contribution in [-0.2, 0) is 30.3 Å². The number of rotatable bonds is 8. The number of nitrogens with zero attached hydrogens (tertiary/aromatic N) is 2. The summed E-state index contributed by atoms with van der Waals surface area (Å²) in [6, 6.07) is 19.2. The monoisotopic (exact) mass is 772 g/mol. The quantitative estimate of drug-likeness (QED) is 0.0840. The molecular formula is C37H47IrN2O2Si-. The van der Waals surface area contributed by atoms with Gasteiger partial charge in [0.2, 0.25) is 0 Å². The number of benzene rings is 3. The van der Waals surface area contributed by atoms with Gasteiger partial charge >= 0.3 is 0 Å². The van der Waals surface area contributed by atoms with Crippen LogP contribution in [0.3, 0.4) is 0 Å². The summed E-state index contributed by atoms with van der Waals surface area (Å²) in [7, 11) is -1.46. The summed E-state index contributed by atoms with van der Waals surface area (Å²) in [5.41, 5.74) is 5.76. The van der Waals surface area contributed by atoms with Crippen LogP contribution in [-0.4, -0.2) is 28.9 Å². The molecule has 0 saturated heterocycles. The van der Waals surface area contributed by atoms with Crippen LogP contribution in [0.2, 0.25) is 19.6 Å². The molecule has 0 atom stereocenters. The predicted molar refractivity (Wildman–Crippen MR) is 180 cm³/mol. The van der Waals surface area contributed by atoms with Crippen molar-refractivity contribution in [3.8, 4) is 11.3 Å². The standard InChI is InChI=1S/C24H23N2Si.C13H24O2.Ir/c1-24(2)19-11-16-9-7-6-8-15(16)10-18(19)23-22-20(24)12-17(27(3,4)5)13-21(22)25-14-26-23;1-5-10(6-2)12(14)9-13(15)11(7-3)8-4;/h6-9,11-14H,1-5H3;9-11,14H,5-8H2,1-4H3;/q-1;;/b;12-9-;. The first kappa shape index (κ1) is 34.8. The third-order valence-corrected chi connectivity index (χ3v) is 11.1. The van der Waals surface area contributed by atoms with Crippen LogP contribution in [0.5, 0.6) is 0 Å². The zero-order chi connectivity index (χ0) is 30.8. The fourth-order valence-electron chi connectivity index (χ4n) is 6.08. The molecule has 1 heterocycles. The molecule has 1 aliphatic rings. The van der Waals surface area contributed by atoms with E-state index < -0.39 is 8.07 Å². The van der Waals surface area contributed by atoms with Gasteiger partial charge < -0.3 is 5.11 Å². The van der Waals surface area contributed by atoms with Gasteiger partial charge in [-0.3, -0.25) is 9.78 Å². The third-order valence-electron chi connectivity index (χ3n) is 9.06. The molecule has 4 nitrogen and oxygen atoms in total. The van der Waals surface area contributed by atoms with Crippen LogP contribution < -0.4 is 5.19 Å². The number of aliphatic hydroxyl groups excluding tert-OH is 1. The molecule has 5 rings (SSSR count). The number of aromatic nitrogens is 2. The predicted octanol–water partition coefficient (Wildman–Crippen LogP) is 9.30. The summed E-state index contributed by atoms with van der Waals surface area (Å²) in [4.78, 5) is 21.1. The maximum absolute atomic E-state index is 11.7. The average Bonchev–Trinajstić information content (AvgIpc) is 2.96. The van der Waals surface area contributed by atoms with E-state index in [1.807, 2.05) is 27.7 Å². The fraction of sp³-hybridized carbons (Fsp3) is 0.432. The van der Waals surface area contributed by atoms with Gasteiger partial charge in [-0.1, -0.05) is 107 Å². The van der Waals surface area contributed by atoms with Crippen molar-refractivity contribution in [1.82, 2.24) is 9.97 Å². The second-order valence-electron chi connectivity index (χ2n) is 13.2. The fourth-order valence-corrected chi connectivity index (χ4v) is 7.22. The van der Waals surface area contributed by atoms with E-state index in [9.17, 15) is 9.90 Å². The Balaban J connectivity index is 0.000000274. The zero-order valence-corrected chi connectivity index (χ0v) is 30.7. The Kier molecular flexibility index (Phi) is 11.3. The van der Waals surface area contributed by atoms with Crippen LogP contribution in [0, 0.1) is 17.9 Å². The number of allylic oxidation sites excluding steroid dienone is 2. The van der Waals surface area contributed by atoms with Gasteiger partial charge in [-0.2, -0.15) is 0 Å². The molecule has 1 N–H and O–H groups in total. The van der Waals surface area contributed by atoms with Crippen molar-refractivity contribution in [1.29, 1.82) is 0 Å². The van der Waals surface area contributed by atoms with Gasteiger partial charge in [-0.25, -0.2) is 4.98 Å². The van der Waals surface area contributed by atoms with Gasteiger partial charge in [0.15, 0.2) is 5.78 Å². The van der Waals surface area contributed by atoms with E-state index in [2.05, 4.69) is 87.0 Å². The Bertz CT molecular complexity index is 1630. The Morgan fingerprint density at radius 3 is 2.16 bits per heavy atom.